The summed E-state index contributed by atoms with van der Waals surface area (Å²) >= 11 is 0. The molecule has 0 spiro atoms. The average molecular weight is 215 g/mol. The van der Waals surface area contributed by atoms with Crippen LogP contribution in [-0.2, 0) is 6.54 Å². The van der Waals surface area contributed by atoms with Crippen LogP contribution in [0.4, 0.5) is 0 Å². The molecule has 84 valence electrons. The molecule has 0 saturated carbocycles. The number of hydrogen-bond acceptors (Lipinski definition) is 1. The highest BCUT2D eigenvalue weighted by atomic mass is 16.5. The maximum absolute atomic E-state index is 5.16. The minimum Gasteiger partial charge on any atom is -0.497 e. The van der Waals surface area contributed by atoms with Crippen molar-refractivity contribution < 1.29 is 4.74 Å². The molecule has 2 rings (SSSR count). The predicted octanol–water partition coefficient (Wildman–Crippen LogP) is 3.49. The number of aryl methyl sites for hydroxylation is 1. The van der Waals surface area contributed by atoms with E-state index in [2.05, 4.69) is 42.7 Å². The van der Waals surface area contributed by atoms with E-state index in [-0.39, 0.29) is 0 Å². The molecule has 1 aromatic carbocycles. The molecule has 2 heteroatoms. The molecule has 0 aliphatic rings. The van der Waals surface area contributed by atoms with Crippen molar-refractivity contribution in [2.24, 2.45) is 0 Å². The molecule has 1 aromatic heterocycles. The van der Waals surface area contributed by atoms with Crippen LogP contribution in [0.2, 0.25) is 0 Å². The fraction of sp³-hybridized carbons (Fsp3) is 0.286. The fourth-order valence-corrected chi connectivity index (χ4v) is 2.00. The third-order valence-corrected chi connectivity index (χ3v) is 2.90. The van der Waals surface area contributed by atoms with Crippen LogP contribution in [0.5, 0.6) is 5.75 Å². The normalized spacial score (nSPS) is 10.4. The van der Waals surface area contributed by atoms with Crippen molar-refractivity contribution in [3.8, 4) is 17.0 Å². The zero-order valence-electron chi connectivity index (χ0n) is 10.0. The van der Waals surface area contributed by atoms with Crippen LogP contribution < -0.4 is 4.74 Å². The summed E-state index contributed by atoms with van der Waals surface area (Å²) in [5, 5.41) is 0. The Kier molecular flexibility index (Phi) is 3.00. The van der Waals surface area contributed by atoms with E-state index < -0.39 is 0 Å². The lowest BCUT2D eigenvalue weighted by Crippen LogP contribution is -1.98. The standard InChI is InChI=1S/C14H17NO/c1-4-15-11(2)5-10-14(15)12-6-8-13(16-3)9-7-12/h5-10H,4H2,1-3H3. The molecule has 0 unspecified atom stereocenters. The molecule has 2 nitrogen and oxygen atoms in total. The summed E-state index contributed by atoms with van der Waals surface area (Å²) in [5.74, 6) is 0.898. The van der Waals surface area contributed by atoms with Crippen LogP contribution in [0.1, 0.15) is 12.6 Å². The number of rotatable bonds is 3. The summed E-state index contributed by atoms with van der Waals surface area (Å²) in [5.41, 5.74) is 3.80. The maximum Gasteiger partial charge on any atom is 0.118 e. The quantitative estimate of drug-likeness (QED) is 0.764. The first kappa shape index (κ1) is 10.8. The van der Waals surface area contributed by atoms with Gasteiger partial charge in [-0.1, -0.05) is 0 Å². The van der Waals surface area contributed by atoms with E-state index in [0.717, 1.165) is 12.3 Å². The van der Waals surface area contributed by atoms with Gasteiger partial charge >= 0.3 is 0 Å². The second-order valence-corrected chi connectivity index (χ2v) is 3.83. The summed E-state index contributed by atoms with van der Waals surface area (Å²) < 4.78 is 7.47. The molecule has 0 aliphatic heterocycles. The van der Waals surface area contributed by atoms with Crippen LogP contribution in [0.15, 0.2) is 36.4 Å². The van der Waals surface area contributed by atoms with Gasteiger partial charge in [-0.3, -0.25) is 0 Å². The van der Waals surface area contributed by atoms with Gasteiger partial charge in [0.15, 0.2) is 0 Å². The van der Waals surface area contributed by atoms with Gasteiger partial charge in [-0.25, -0.2) is 0 Å². The zero-order valence-corrected chi connectivity index (χ0v) is 10.0. The lowest BCUT2D eigenvalue weighted by atomic mass is 10.1. The minimum atomic E-state index is 0.898. The Labute approximate surface area is 96.5 Å². The van der Waals surface area contributed by atoms with Crippen molar-refractivity contribution in [3.63, 3.8) is 0 Å². The highest BCUT2D eigenvalue weighted by Gasteiger charge is 2.05. The SMILES string of the molecule is CCn1c(C)ccc1-c1ccc(OC)cc1. The number of hydrogen-bond donors (Lipinski definition) is 0. The van der Waals surface area contributed by atoms with Crippen molar-refractivity contribution >= 4 is 0 Å². The smallest absolute Gasteiger partial charge is 0.118 e. The number of methoxy groups -OCH3 is 1. The summed E-state index contributed by atoms with van der Waals surface area (Å²) in [6.07, 6.45) is 0. The van der Waals surface area contributed by atoms with E-state index in [1.54, 1.807) is 7.11 Å². The summed E-state index contributed by atoms with van der Waals surface area (Å²) in [6.45, 7) is 5.30. The van der Waals surface area contributed by atoms with Gasteiger partial charge in [0.2, 0.25) is 0 Å². The lowest BCUT2D eigenvalue weighted by molar-refractivity contribution is 0.415. The van der Waals surface area contributed by atoms with Gasteiger partial charge in [0, 0.05) is 17.9 Å². The monoisotopic (exact) mass is 215 g/mol. The molecular formula is C14H17NO. The number of benzene rings is 1. The van der Waals surface area contributed by atoms with E-state index in [4.69, 9.17) is 4.74 Å². The highest BCUT2D eigenvalue weighted by molar-refractivity contribution is 5.61. The van der Waals surface area contributed by atoms with E-state index in [0.29, 0.717) is 0 Å². The van der Waals surface area contributed by atoms with Crippen molar-refractivity contribution in [2.45, 2.75) is 20.4 Å². The van der Waals surface area contributed by atoms with Crippen LogP contribution in [0, 0.1) is 6.92 Å². The topological polar surface area (TPSA) is 14.2 Å². The van der Waals surface area contributed by atoms with Gasteiger partial charge in [0.05, 0.1) is 7.11 Å². The largest absolute Gasteiger partial charge is 0.497 e. The number of nitrogens with zero attached hydrogens (tertiary/aromatic N) is 1. The van der Waals surface area contributed by atoms with Crippen LogP contribution in [0.25, 0.3) is 11.3 Å². The van der Waals surface area contributed by atoms with Gasteiger partial charge in [-0.2, -0.15) is 0 Å². The third kappa shape index (κ3) is 1.83. The Hall–Kier alpha value is -1.70. The molecular weight excluding hydrogens is 198 g/mol. The van der Waals surface area contributed by atoms with Crippen molar-refractivity contribution in [1.29, 1.82) is 0 Å². The third-order valence-electron chi connectivity index (χ3n) is 2.90. The van der Waals surface area contributed by atoms with Gasteiger partial charge in [0.25, 0.3) is 0 Å². The molecule has 0 aliphatic carbocycles. The summed E-state index contributed by atoms with van der Waals surface area (Å²) in [4.78, 5) is 0. The molecule has 2 aromatic rings. The zero-order chi connectivity index (χ0) is 11.5. The number of aromatic nitrogens is 1. The molecule has 0 bridgehead atoms. The molecule has 0 radical (unpaired) electrons. The first-order chi connectivity index (χ1) is 7.76. The second kappa shape index (κ2) is 4.44. The van der Waals surface area contributed by atoms with Crippen LogP contribution in [0.3, 0.4) is 0 Å². The Morgan fingerprint density at radius 1 is 1.06 bits per heavy atom. The fourth-order valence-electron chi connectivity index (χ4n) is 2.00. The van der Waals surface area contributed by atoms with Crippen molar-refractivity contribution in [1.82, 2.24) is 4.57 Å². The minimum absolute atomic E-state index is 0.898. The molecule has 1 heterocycles. The molecule has 0 atom stereocenters. The molecule has 0 N–H and O–H groups in total. The van der Waals surface area contributed by atoms with Gasteiger partial charge < -0.3 is 9.30 Å². The van der Waals surface area contributed by atoms with E-state index in [1.807, 2.05) is 12.1 Å². The average Bonchev–Trinajstić information content (AvgIpc) is 2.70. The molecule has 16 heavy (non-hydrogen) atoms. The van der Waals surface area contributed by atoms with Crippen molar-refractivity contribution in [2.75, 3.05) is 7.11 Å². The van der Waals surface area contributed by atoms with Gasteiger partial charge in [0.1, 0.15) is 5.75 Å². The van der Waals surface area contributed by atoms with Crippen LogP contribution >= 0.6 is 0 Å². The first-order valence-corrected chi connectivity index (χ1v) is 5.56. The Morgan fingerprint density at radius 3 is 2.31 bits per heavy atom. The van der Waals surface area contributed by atoms with E-state index in [9.17, 15) is 0 Å². The van der Waals surface area contributed by atoms with Crippen LogP contribution in [-0.4, -0.2) is 11.7 Å². The highest BCUT2D eigenvalue weighted by Crippen LogP contribution is 2.24. The number of ether oxygens (including phenoxy) is 1. The Balaban J connectivity index is 2.42. The summed E-state index contributed by atoms with van der Waals surface area (Å²) in [6, 6.07) is 12.5. The summed E-state index contributed by atoms with van der Waals surface area (Å²) in [7, 11) is 1.69. The maximum atomic E-state index is 5.16. The van der Waals surface area contributed by atoms with Gasteiger partial charge in [-0.05, 0) is 55.8 Å². The Morgan fingerprint density at radius 2 is 1.75 bits per heavy atom. The molecule has 0 saturated heterocycles. The molecule has 0 fully saturated rings. The van der Waals surface area contributed by atoms with Gasteiger partial charge in [-0.15, -0.1) is 0 Å². The molecule has 0 amide bonds. The predicted molar refractivity (Wildman–Crippen MR) is 66.8 cm³/mol. The van der Waals surface area contributed by atoms with E-state index >= 15 is 0 Å². The van der Waals surface area contributed by atoms with E-state index in [1.165, 1.54) is 17.0 Å². The van der Waals surface area contributed by atoms with Crippen molar-refractivity contribution in [3.05, 3.63) is 42.1 Å². The second-order valence-electron chi connectivity index (χ2n) is 3.83. The lowest BCUT2D eigenvalue weighted by Gasteiger charge is -2.09. The Bertz CT molecular complexity index is 468. The first-order valence-electron chi connectivity index (χ1n) is 5.56.